The van der Waals surface area contributed by atoms with Crippen LogP contribution in [0.1, 0.15) is 0 Å². The molecule has 0 bridgehead atoms. The summed E-state index contributed by atoms with van der Waals surface area (Å²) in [5, 5.41) is 2.99. The Labute approximate surface area is 68.6 Å². The van der Waals surface area contributed by atoms with Crippen LogP contribution in [0.4, 0.5) is 0 Å². The Bertz CT molecular complexity index is 315. The van der Waals surface area contributed by atoms with E-state index < -0.39 is 0 Å². The minimum absolute atomic E-state index is 0.884. The molecular formula is C8H4N2S. The van der Waals surface area contributed by atoms with Crippen molar-refractivity contribution in [2.24, 2.45) is 0 Å². The van der Waals surface area contributed by atoms with Crippen molar-refractivity contribution in [3.05, 3.63) is 36.1 Å². The minimum atomic E-state index is 0.884. The first kappa shape index (κ1) is 6.49. The molecule has 0 aliphatic carbocycles. The van der Waals surface area contributed by atoms with Crippen molar-refractivity contribution in [2.75, 3.05) is 0 Å². The molecule has 0 atom stereocenters. The van der Waals surface area contributed by atoms with Gasteiger partial charge in [-0.1, -0.05) is 0 Å². The SMILES string of the molecule is [c]1cnc(-c2cc[c]s2)cn1. The first-order valence-corrected chi connectivity index (χ1v) is 3.93. The lowest BCUT2D eigenvalue weighted by Crippen LogP contribution is -1.79. The second-order valence-electron chi connectivity index (χ2n) is 1.95. The fourth-order valence-corrected chi connectivity index (χ4v) is 1.38. The molecule has 2 rings (SSSR count). The quantitative estimate of drug-likeness (QED) is 0.635. The molecule has 3 heteroatoms. The molecule has 52 valence electrons. The molecule has 0 aliphatic rings. The van der Waals surface area contributed by atoms with Gasteiger partial charge in [-0.05, 0) is 12.1 Å². The summed E-state index contributed by atoms with van der Waals surface area (Å²) in [5.74, 6) is 0. The highest BCUT2D eigenvalue weighted by molar-refractivity contribution is 7.13. The molecule has 0 N–H and O–H groups in total. The maximum atomic E-state index is 4.09. The van der Waals surface area contributed by atoms with Gasteiger partial charge in [0.2, 0.25) is 0 Å². The molecule has 2 aromatic heterocycles. The van der Waals surface area contributed by atoms with Gasteiger partial charge in [-0.3, -0.25) is 9.97 Å². The van der Waals surface area contributed by atoms with Crippen LogP contribution in [-0.4, -0.2) is 9.97 Å². The molecule has 0 unspecified atom stereocenters. The van der Waals surface area contributed by atoms with Crippen LogP contribution in [-0.2, 0) is 0 Å². The number of hydrogen-bond donors (Lipinski definition) is 0. The molecule has 0 aromatic carbocycles. The van der Waals surface area contributed by atoms with Gasteiger partial charge in [0, 0.05) is 5.38 Å². The van der Waals surface area contributed by atoms with Crippen LogP contribution in [0.2, 0.25) is 0 Å². The predicted octanol–water partition coefficient (Wildman–Crippen LogP) is 1.81. The molecule has 11 heavy (non-hydrogen) atoms. The van der Waals surface area contributed by atoms with Gasteiger partial charge in [-0.15, -0.1) is 11.3 Å². The second kappa shape index (κ2) is 2.80. The first-order chi connectivity index (χ1) is 5.47. The molecular weight excluding hydrogens is 156 g/mol. The summed E-state index contributed by atoms with van der Waals surface area (Å²) in [4.78, 5) is 9.03. The van der Waals surface area contributed by atoms with Crippen molar-refractivity contribution in [2.45, 2.75) is 0 Å². The smallest absolute Gasteiger partial charge is 0.109 e. The van der Waals surface area contributed by atoms with E-state index in [1.54, 1.807) is 12.4 Å². The van der Waals surface area contributed by atoms with Crippen LogP contribution >= 0.6 is 11.3 Å². The van der Waals surface area contributed by atoms with E-state index in [4.69, 9.17) is 0 Å². The first-order valence-electron chi connectivity index (χ1n) is 3.11. The van der Waals surface area contributed by atoms with Gasteiger partial charge in [0.05, 0.1) is 23.0 Å². The van der Waals surface area contributed by atoms with Crippen molar-refractivity contribution in [1.82, 2.24) is 9.97 Å². The van der Waals surface area contributed by atoms with Crippen LogP contribution in [0.5, 0.6) is 0 Å². The van der Waals surface area contributed by atoms with Crippen LogP contribution in [0.3, 0.4) is 0 Å². The lowest BCUT2D eigenvalue weighted by atomic mass is 10.4. The standard InChI is InChI=1S/C8H4N2S/c1-2-8(11-5-1)7-6-9-3-4-10-7/h1-2,4,6H. The lowest BCUT2D eigenvalue weighted by Gasteiger charge is -1.90. The average Bonchev–Trinajstić information content (AvgIpc) is 2.58. The van der Waals surface area contributed by atoms with Gasteiger partial charge in [0.25, 0.3) is 0 Å². The van der Waals surface area contributed by atoms with E-state index >= 15 is 0 Å². The number of hydrogen-bond acceptors (Lipinski definition) is 3. The normalized spacial score (nSPS) is 9.82. The third-order valence-corrected chi connectivity index (χ3v) is 2.07. The van der Waals surface area contributed by atoms with Crippen molar-refractivity contribution in [3.8, 4) is 10.6 Å². The summed E-state index contributed by atoms with van der Waals surface area (Å²) in [6.45, 7) is 0. The monoisotopic (exact) mass is 160 g/mol. The van der Waals surface area contributed by atoms with Gasteiger partial charge in [-0.2, -0.15) is 0 Å². The molecule has 2 radical (unpaired) electrons. The van der Waals surface area contributed by atoms with E-state index in [1.165, 1.54) is 11.3 Å². The molecule has 0 aliphatic heterocycles. The lowest BCUT2D eigenvalue weighted by molar-refractivity contribution is 1.20. The molecule has 0 fully saturated rings. The van der Waals surface area contributed by atoms with E-state index in [-0.39, 0.29) is 0 Å². The molecule has 0 amide bonds. The van der Waals surface area contributed by atoms with E-state index in [9.17, 15) is 0 Å². The third-order valence-electron chi connectivity index (χ3n) is 1.25. The van der Waals surface area contributed by atoms with E-state index in [0.717, 1.165) is 10.6 Å². The maximum Gasteiger partial charge on any atom is 0.109 e. The van der Waals surface area contributed by atoms with Gasteiger partial charge in [0.1, 0.15) is 6.20 Å². The van der Waals surface area contributed by atoms with Crippen LogP contribution in [0.15, 0.2) is 24.5 Å². The molecule has 0 saturated heterocycles. The fourth-order valence-electron chi connectivity index (χ4n) is 0.770. The molecule has 2 heterocycles. The molecule has 2 nitrogen and oxygen atoms in total. The second-order valence-corrected chi connectivity index (χ2v) is 2.83. The fraction of sp³-hybridized carbons (Fsp3) is 0. The highest BCUT2D eigenvalue weighted by atomic mass is 32.1. The number of thiophene rings is 1. The third kappa shape index (κ3) is 1.28. The summed E-state index contributed by atoms with van der Waals surface area (Å²) in [7, 11) is 0. The zero-order chi connectivity index (χ0) is 7.52. The maximum absolute atomic E-state index is 4.09. The summed E-state index contributed by atoms with van der Waals surface area (Å²) < 4.78 is 0. The van der Waals surface area contributed by atoms with Crippen LogP contribution < -0.4 is 0 Å². The minimum Gasteiger partial charge on any atom is -0.251 e. The van der Waals surface area contributed by atoms with Crippen LogP contribution in [0.25, 0.3) is 10.6 Å². The van der Waals surface area contributed by atoms with Crippen LogP contribution in [0, 0.1) is 11.6 Å². The Balaban J connectivity index is 2.46. The molecule has 2 aromatic rings. The zero-order valence-electron chi connectivity index (χ0n) is 5.61. The Morgan fingerprint density at radius 2 is 2.45 bits per heavy atom. The topological polar surface area (TPSA) is 25.8 Å². The predicted molar refractivity (Wildman–Crippen MR) is 43.0 cm³/mol. The number of aromatic nitrogens is 2. The highest BCUT2D eigenvalue weighted by Gasteiger charge is 1.97. The van der Waals surface area contributed by atoms with Gasteiger partial charge >= 0.3 is 0 Å². The summed E-state index contributed by atoms with van der Waals surface area (Å²) >= 11 is 1.53. The van der Waals surface area contributed by atoms with Gasteiger partial charge < -0.3 is 0 Å². The van der Waals surface area contributed by atoms with E-state index in [0.29, 0.717) is 0 Å². The number of rotatable bonds is 1. The number of nitrogens with zero attached hydrogens (tertiary/aromatic N) is 2. The van der Waals surface area contributed by atoms with E-state index in [2.05, 4.69) is 21.5 Å². The summed E-state index contributed by atoms with van der Waals surface area (Å²) in [6.07, 6.45) is 5.89. The Morgan fingerprint density at radius 1 is 1.45 bits per heavy atom. The molecule has 0 saturated carbocycles. The van der Waals surface area contributed by atoms with E-state index in [1.807, 2.05) is 12.1 Å². The summed E-state index contributed by atoms with van der Waals surface area (Å²) in [6, 6.07) is 3.84. The van der Waals surface area contributed by atoms with Crippen molar-refractivity contribution >= 4 is 11.3 Å². The Hall–Kier alpha value is -1.22. The highest BCUT2D eigenvalue weighted by Crippen LogP contribution is 2.19. The zero-order valence-corrected chi connectivity index (χ0v) is 6.43. The average molecular weight is 160 g/mol. The largest absolute Gasteiger partial charge is 0.251 e. The Kier molecular flexibility index (Phi) is 1.65. The van der Waals surface area contributed by atoms with Crippen molar-refractivity contribution in [3.63, 3.8) is 0 Å². The summed E-state index contributed by atoms with van der Waals surface area (Å²) in [5.41, 5.74) is 0.884. The van der Waals surface area contributed by atoms with Gasteiger partial charge in [0.15, 0.2) is 0 Å². The Morgan fingerprint density at radius 3 is 3.09 bits per heavy atom. The van der Waals surface area contributed by atoms with Gasteiger partial charge in [-0.25, -0.2) is 0 Å². The molecule has 0 spiro atoms. The van der Waals surface area contributed by atoms with Crippen molar-refractivity contribution < 1.29 is 0 Å². The van der Waals surface area contributed by atoms with Crippen molar-refractivity contribution in [1.29, 1.82) is 0 Å².